The third-order valence-electron chi connectivity index (χ3n) is 5.54. The van der Waals surface area contributed by atoms with Crippen molar-refractivity contribution < 1.29 is 4.79 Å². The maximum Gasteiger partial charge on any atom is 0.263 e. The predicted octanol–water partition coefficient (Wildman–Crippen LogP) is 4.78. The Hall–Kier alpha value is -4.37. The minimum absolute atomic E-state index is 0.100. The Morgan fingerprint density at radius 2 is 1.65 bits per heavy atom. The zero-order valence-electron chi connectivity index (χ0n) is 18.1. The molecule has 5 rings (SSSR count). The van der Waals surface area contributed by atoms with E-state index in [9.17, 15) is 15.3 Å². The fourth-order valence-electron chi connectivity index (χ4n) is 3.84. The molecule has 8 heteroatoms. The maximum absolute atomic E-state index is 13.9. The van der Waals surface area contributed by atoms with Gasteiger partial charge in [-0.05, 0) is 36.8 Å². The van der Waals surface area contributed by atoms with Gasteiger partial charge < -0.3 is 5.32 Å². The van der Waals surface area contributed by atoms with Crippen molar-refractivity contribution >= 4 is 40.4 Å². The van der Waals surface area contributed by atoms with Crippen molar-refractivity contribution in [3.63, 3.8) is 0 Å². The number of hydrogen-bond acceptors (Lipinski definition) is 7. The quantitative estimate of drug-likeness (QED) is 0.531. The number of rotatable bonds is 2. The molecule has 1 amide bonds. The van der Waals surface area contributed by atoms with Gasteiger partial charge >= 0.3 is 0 Å². The van der Waals surface area contributed by atoms with Gasteiger partial charge in [0.25, 0.3) is 5.91 Å². The largest absolute Gasteiger partial charge is 0.321 e. The lowest BCUT2D eigenvalue weighted by molar-refractivity contribution is -0.117. The minimum atomic E-state index is -1.43. The molecule has 2 aliphatic rings. The van der Waals surface area contributed by atoms with Gasteiger partial charge in [0.05, 0.1) is 22.8 Å². The summed E-state index contributed by atoms with van der Waals surface area (Å²) in [4.78, 5) is 17.4. The maximum atomic E-state index is 13.9. The van der Waals surface area contributed by atoms with Crippen LogP contribution in [0.1, 0.15) is 11.1 Å². The summed E-state index contributed by atoms with van der Waals surface area (Å²) >= 11 is 1.10. The van der Waals surface area contributed by atoms with Gasteiger partial charge in [-0.2, -0.15) is 15.9 Å². The van der Waals surface area contributed by atoms with Gasteiger partial charge in [0, 0.05) is 0 Å². The Labute approximate surface area is 201 Å². The third-order valence-corrected chi connectivity index (χ3v) is 6.89. The van der Waals surface area contributed by atoms with Crippen LogP contribution >= 0.6 is 11.8 Å². The van der Waals surface area contributed by atoms with Gasteiger partial charge in [0.1, 0.15) is 17.2 Å². The highest BCUT2D eigenvalue weighted by molar-refractivity contribution is 8.06. The second kappa shape index (κ2) is 8.53. The number of hydrogen-bond donors (Lipinski definition) is 2. The topological polar surface area (TPSA) is 104 Å². The highest BCUT2D eigenvalue weighted by atomic mass is 32.2. The molecule has 0 aromatic heterocycles. The summed E-state index contributed by atoms with van der Waals surface area (Å²) in [6, 6.07) is 28.3. The van der Waals surface area contributed by atoms with Crippen molar-refractivity contribution in [2.24, 2.45) is 4.99 Å². The summed E-state index contributed by atoms with van der Waals surface area (Å²) < 4.78 is 0. The average molecular weight is 463 g/mol. The molecule has 1 unspecified atom stereocenters. The monoisotopic (exact) mass is 462 g/mol. The fraction of sp³-hybridized carbons (Fsp3) is 0.0769. The van der Waals surface area contributed by atoms with E-state index in [1.54, 1.807) is 11.1 Å². The van der Waals surface area contributed by atoms with Crippen LogP contribution < -0.4 is 15.8 Å². The number of thioether (sulfide) groups is 1. The molecule has 1 atom stereocenters. The molecule has 1 fully saturated rings. The van der Waals surface area contributed by atoms with Crippen molar-refractivity contribution in [2.75, 3.05) is 10.3 Å². The Kier molecular flexibility index (Phi) is 5.39. The predicted molar refractivity (Wildman–Crippen MR) is 133 cm³/mol. The highest BCUT2D eigenvalue weighted by Gasteiger charge is 2.54. The lowest BCUT2D eigenvalue weighted by Gasteiger charge is -2.28. The number of benzene rings is 3. The van der Waals surface area contributed by atoms with Gasteiger partial charge in [-0.15, -0.1) is 0 Å². The Morgan fingerprint density at radius 3 is 2.35 bits per heavy atom. The van der Waals surface area contributed by atoms with E-state index < -0.39 is 4.87 Å². The molecule has 1 saturated heterocycles. The molecule has 2 aliphatic heterocycles. The van der Waals surface area contributed by atoms with Crippen molar-refractivity contribution in [2.45, 2.75) is 11.8 Å². The number of fused-ring (bicyclic) bond motifs is 1. The normalized spacial score (nSPS) is 18.9. The Bertz CT molecular complexity index is 1420. The average Bonchev–Trinajstić information content (AvgIpc) is 3.21. The number of amides is 1. The van der Waals surface area contributed by atoms with E-state index in [2.05, 4.69) is 10.7 Å². The second-order valence-corrected chi connectivity index (χ2v) is 8.97. The number of carbonyl (C=O) groups excluding carboxylic acids is 1. The van der Waals surface area contributed by atoms with E-state index in [-0.39, 0.29) is 11.5 Å². The van der Waals surface area contributed by atoms with Crippen LogP contribution in [0.4, 0.5) is 17.1 Å². The van der Waals surface area contributed by atoms with Gasteiger partial charge in [-0.3, -0.25) is 9.80 Å². The first-order valence-electron chi connectivity index (χ1n) is 10.5. The van der Waals surface area contributed by atoms with Crippen LogP contribution in [-0.2, 0) is 4.79 Å². The van der Waals surface area contributed by atoms with Crippen molar-refractivity contribution in [3.05, 3.63) is 101 Å². The van der Waals surface area contributed by atoms with E-state index in [0.717, 1.165) is 22.9 Å². The lowest BCUT2D eigenvalue weighted by Crippen LogP contribution is -2.58. The first kappa shape index (κ1) is 21.5. The van der Waals surface area contributed by atoms with E-state index in [1.165, 1.54) is 0 Å². The molecule has 2 N–H and O–H groups in total. The second-order valence-electron chi connectivity index (χ2n) is 7.77. The minimum Gasteiger partial charge on any atom is -0.321 e. The molecule has 34 heavy (non-hydrogen) atoms. The lowest BCUT2D eigenvalue weighted by atomic mass is 10.0. The van der Waals surface area contributed by atoms with Crippen molar-refractivity contribution in [1.29, 1.82) is 10.5 Å². The third kappa shape index (κ3) is 3.52. The molecule has 7 nitrogen and oxygen atoms in total. The van der Waals surface area contributed by atoms with E-state index in [1.807, 2.05) is 91.9 Å². The number of aliphatic imine (C=N–C) groups is 1. The SMILES string of the molecule is Cc1ccc(N2NC3(SC2=C(C#N)C#N)C(=O)Nc2ccccc2N=C3c2ccccc2)cc1. The fourth-order valence-corrected chi connectivity index (χ4v) is 5.10. The summed E-state index contributed by atoms with van der Waals surface area (Å²) in [5.74, 6) is -0.354. The van der Waals surface area contributed by atoms with Gasteiger partial charge in [-0.1, -0.05) is 71.9 Å². The number of anilines is 2. The zero-order valence-corrected chi connectivity index (χ0v) is 18.9. The highest BCUT2D eigenvalue weighted by Crippen LogP contribution is 2.47. The number of nitrogens with zero attached hydrogens (tertiary/aromatic N) is 4. The van der Waals surface area contributed by atoms with Crippen LogP contribution in [0, 0.1) is 29.6 Å². The van der Waals surface area contributed by atoms with Crippen LogP contribution in [0.3, 0.4) is 0 Å². The number of allylic oxidation sites excluding steroid dienone is 1. The van der Waals surface area contributed by atoms with Crippen LogP contribution in [-0.4, -0.2) is 16.5 Å². The first-order valence-corrected chi connectivity index (χ1v) is 11.3. The Morgan fingerprint density at radius 1 is 0.971 bits per heavy atom. The molecule has 0 aliphatic carbocycles. The number of aryl methyl sites for hydroxylation is 1. The molecule has 0 bridgehead atoms. The van der Waals surface area contributed by atoms with E-state index >= 15 is 0 Å². The van der Waals surface area contributed by atoms with Crippen molar-refractivity contribution in [3.8, 4) is 12.1 Å². The molecule has 1 spiro atoms. The summed E-state index contributed by atoms with van der Waals surface area (Å²) in [6.45, 7) is 1.97. The molecule has 164 valence electrons. The Balaban J connectivity index is 1.75. The van der Waals surface area contributed by atoms with Crippen LogP contribution in [0.2, 0.25) is 0 Å². The number of carbonyl (C=O) groups is 1. The molecular weight excluding hydrogens is 444 g/mol. The van der Waals surface area contributed by atoms with Crippen LogP contribution in [0.15, 0.2) is 94.5 Å². The summed E-state index contributed by atoms with van der Waals surface area (Å²) in [6.07, 6.45) is 0. The zero-order chi connectivity index (χ0) is 23.7. The summed E-state index contributed by atoms with van der Waals surface area (Å²) in [7, 11) is 0. The summed E-state index contributed by atoms with van der Waals surface area (Å²) in [5.41, 5.74) is 7.38. The molecule has 3 aromatic rings. The molecular formula is C26H18N6OS. The van der Waals surface area contributed by atoms with Gasteiger partial charge in [-0.25, -0.2) is 4.99 Å². The molecule has 2 heterocycles. The number of nitriles is 2. The molecule has 3 aromatic carbocycles. The number of para-hydroxylation sites is 2. The van der Waals surface area contributed by atoms with Gasteiger partial charge in [0.2, 0.25) is 4.87 Å². The van der Waals surface area contributed by atoms with Crippen LogP contribution in [0.5, 0.6) is 0 Å². The number of hydrazine groups is 1. The smallest absolute Gasteiger partial charge is 0.263 e. The molecule has 0 saturated carbocycles. The standard InChI is InChI=1S/C26H18N6OS/c1-17-11-13-20(14-12-17)32-24(19(15-27)16-28)34-26(31-32)23(18-7-3-2-4-8-18)29-21-9-5-6-10-22(21)30-25(26)33/h2-14,31H,1H3,(H,30,33). The van der Waals surface area contributed by atoms with Crippen molar-refractivity contribution in [1.82, 2.24) is 5.43 Å². The molecule has 0 radical (unpaired) electrons. The van der Waals surface area contributed by atoms with Gasteiger partial charge in [0.15, 0.2) is 5.57 Å². The number of nitrogens with one attached hydrogen (secondary N) is 2. The first-order chi connectivity index (χ1) is 16.6. The van der Waals surface area contributed by atoms with E-state index in [0.29, 0.717) is 27.8 Å². The van der Waals surface area contributed by atoms with Crippen LogP contribution in [0.25, 0.3) is 0 Å². The summed E-state index contributed by atoms with van der Waals surface area (Å²) in [5, 5.41) is 24.3. The van der Waals surface area contributed by atoms with E-state index in [4.69, 9.17) is 4.99 Å².